The number of nitrogen functional groups attached to an aromatic ring is 1. The molecule has 0 spiro atoms. The van der Waals surface area contributed by atoms with Crippen LogP contribution in [0.3, 0.4) is 0 Å². The highest BCUT2D eigenvalue weighted by Gasteiger charge is 2.66. The molecule has 21 heavy (non-hydrogen) atoms. The molecule has 1 aromatic rings. The maximum atomic E-state index is 12.4. The minimum absolute atomic E-state index is 0.0639. The van der Waals surface area contributed by atoms with Crippen LogP contribution < -0.4 is 10.5 Å². The van der Waals surface area contributed by atoms with E-state index in [0.29, 0.717) is 0 Å². The molecule has 7 nitrogen and oxygen atoms in total. The van der Waals surface area contributed by atoms with Crippen LogP contribution in [-0.4, -0.2) is 19.4 Å². The van der Waals surface area contributed by atoms with E-state index < -0.39 is 20.6 Å². The minimum Gasteiger partial charge on any atom is -0.393 e. The Kier molecular flexibility index (Phi) is 3.30. The maximum Gasteiger partial charge on any atom is 0.293 e. The molecule has 116 valence electrons. The van der Waals surface area contributed by atoms with Gasteiger partial charge in [0.15, 0.2) is 0 Å². The fourth-order valence-corrected chi connectivity index (χ4v) is 4.11. The number of nitrogens with two attached hydrogens (primary N) is 1. The van der Waals surface area contributed by atoms with Crippen molar-refractivity contribution in [3.05, 3.63) is 28.3 Å². The van der Waals surface area contributed by atoms with E-state index in [1.54, 1.807) is 0 Å². The topological polar surface area (TPSA) is 115 Å². The molecule has 8 heteroatoms. The normalized spacial score (nSPS) is 20.2. The molecule has 1 saturated carbocycles. The number of nitrogens with one attached hydrogen (secondary N) is 1. The Balaban J connectivity index is 2.34. The summed E-state index contributed by atoms with van der Waals surface area (Å²) in [6, 6.07) is 3.27. The highest BCUT2D eigenvalue weighted by molar-refractivity contribution is 7.89. The summed E-state index contributed by atoms with van der Waals surface area (Å²) >= 11 is 0. The van der Waals surface area contributed by atoms with Crippen LogP contribution in [0.4, 0.5) is 11.4 Å². The summed E-state index contributed by atoms with van der Waals surface area (Å²) < 4.78 is 27.4. The highest BCUT2D eigenvalue weighted by atomic mass is 32.2. The number of nitrogens with zero attached hydrogens (tertiary/aromatic N) is 1. The first-order chi connectivity index (χ1) is 9.41. The lowest BCUT2D eigenvalue weighted by Crippen LogP contribution is -2.30. The number of anilines is 1. The predicted molar refractivity (Wildman–Crippen MR) is 79.2 cm³/mol. The van der Waals surface area contributed by atoms with Gasteiger partial charge in [0.25, 0.3) is 5.69 Å². The van der Waals surface area contributed by atoms with Crippen LogP contribution in [0.1, 0.15) is 27.7 Å². The molecule has 0 aromatic heterocycles. The van der Waals surface area contributed by atoms with E-state index in [9.17, 15) is 18.5 Å². The van der Waals surface area contributed by atoms with Gasteiger partial charge in [-0.3, -0.25) is 10.1 Å². The van der Waals surface area contributed by atoms with E-state index in [2.05, 4.69) is 4.72 Å². The zero-order valence-corrected chi connectivity index (χ0v) is 13.2. The Morgan fingerprint density at radius 2 is 1.76 bits per heavy atom. The van der Waals surface area contributed by atoms with E-state index in [1.165, 1.54) is 12.1 Å². The summed E-state index contributed by atoms with van der Waals surface area (Å²) in [5.74, 6) is 0. The van der Waals surface area contributed by atoms with Crippen molar-refractivity contribution in [3.63, 3.8) is 0 Å². The fraction of sp³-hybridized carbons (Fsp3) is 0.538. The monoisotopic (exact) mass is 313 g/mol. The number of hydrogen-bond acceptors (Lipinski definition) is 5. The number of benzene rings is 1. The van der Waals surface area contributed by atoms with Gasteiger partial charge in [0.1, 0.15) is 5.69 Å². The van der Waals surface area contributed by atoms with Gasteiger partial charge in [-0.1, -0.05) is 27.7 Å². The van der Waals surface area contributed by atoms with Crippen LogP contribution in [0.15, 0.2) is 23.1 Å². The molecule has 0 radical (unpaired) electrons. The van der Waals surface area contributed by atoms with Crippen molar-refractivity contribution >= 4 is 21.4 Å². The molecule has 3 N–H and O–H groups in total. The van der Waals surface area contributed by atoms with E-state index in [1.807, 2.05) is 27.7 Å². The zero-order chi connectivity index (χ0) is 16.2. The van der Waals surface area contributed by atoms with E-state index >= 15 is 0 Å². The molecule has 2 rings (SSSR count). The van der Waals surface area contributed by atoms with Crippen LogP contribution in [0.25, 0.3) is 0 Å². The molecular weight excluding hydrogens is 294 g/mol. The van der Waals surface area contributed by atoms with Gasteiger partial charge >= 0.3 is 0 Å². The molecule has 1 aromatic carbocycles. The van der Waals surface area contributed by atoms with Crippen LogP contribution >= 0.6 is 0 Å². The molecule has 0 heterocycles. The Hall–Kier alpha value is -1.67. The van der Waals surface area contributed by atoms with Crippen molar-refractivity contribution < 1.29 is 13.3 Å². The summed E-state index contributed by atoms with van der Waals surface area (Å²) in [6.45, 7) is 7.91. The third-order valence-electron chi connectivity index (χ3n) is 4.80. The molecule has 0 amide bonds. The Morgan fingerprint density at radius 1 is 1.24 bits per heavy atom. The quantitative estimate of drug-likeness (QED) is 0.500. The maximum absolute atomic E-state index is 12.4. The Bertz CT molecular complexity index is 696. The molecule has 0 aliphatic heterocycles. The van der Waals surface area contributed by atoms with Crippen molar-refractivity contribution in [3.8, 4) is 0 Å². The van der Waals surface area contributed by atoms with Crippen molar-refractivity contribution in [1.82, 2.24) is 4.72 Å². The van der Waals surface area contributed by atoms with Gasteiger partial charge in [-0.2, -0.15) is 0 Å². The van der Waals surface area contributed by atoms with Crippen molar-refractivity contribution in [2.75, 3.05) is 5.73 Å². The smallest absolute Gasteiger partial charge is 0.293 e. The summed E-state index contributed by atoms with van der Waals surface area (Å²) in [6.07, 6.45) is 0. The van der Waals surface area contributed by atoms with Gasteiger partial charge in [-0.15, -0.1) is 0 Å². The Labute approximate surface area is 123 Å². The molecule has 1 aliphatic rings. The van der Waals surface area contributed by atoms with Crippen LogP contribution in [0.5, 0.6) is 0 Å². The van der Waals surface area contributed by atoms with Gasteiger partial charge in [-0.05, 0) is 23.0 Å². The highest BCUT2D eigenvalue weighted by Crippen LogP contribution is 2.62. The average Bonchev–Trinajstić information content (AvgIpc) is 2.71. The summed E-state index contributed by atoms with van der Waals surface area (Å²) in [7, 11) is -3.82. The van der Waals surface area contributed by atoms with Gasteiger partial charge in [0, 0.05) is 12.1 Å². The first kappa shape index (κ1) is 15.7. The van der Waals surface area contributed by atoms with Crippen molar-refractivity contribution in [1.29, 1.82) is 0 Å². The van der Waals surface area contributed by atoms with Gasteiger partial charge in [0.2, 0.25) is 10.0 Å². The molecule has 0 bridgehead atoms. The molecular formula is C13H19N3O4S. The number of sulfonamides is 1. The largest absolute Gasteiger partial charge is 0.393 e. The summed E-state index contributed by atoms with van der Waals surface area (Å²) in [5, 5.41) is 10.9. The fourth-order valence-electron chi connectivity index (χ4n) is 2.56. The number of hydrogen-bond donors (Lipinski definition) is 2. The molecule has 0 saturated heterocycles. The Morgan fingerprint density at radius 3 is 2.19 bits per heavy atom. The summed E-state index contributed by atoms with van der Waals surface area (Å²) in [4.78, 5) is 10.0. The van der Waals surface area contributed by atoms with Gasteiger partial charge in [-0.25, -0.2) is 13.1 Å². The first-order valence-electron chi connectivity index (χ1n) is 6.47. The van der Waals surface area contributed by atoms with Crippen LogP contribution in [0, 0.1) is 20.9 Å². The third kappa shape index (κ3) is 2.38. The van der Waals surface area contributed by atoms with Gasteiger partial charge in [0.05, 0.1) is 9.82 Å². The SMILES string of the molecule is CC1(C)C(NS(=O)(=O)c2ccc(N)c([N+](=O)[O-])c2)C1(C)C. The lowest BCUT2D eigenvalue weighted by atomic mass is 10.0. The second-order valence-corrected chi connectivity index (χ2v) is 8.19. The molecule has 1 aliphatic carbocycles. The second-order valence-electron chi connectivity index (χ2n) is 6.48. The van der Waals surface area contributed by atoms with Crippen molar-refractivity contribution in [2.45, 2.75) is 38.6 Å². The lowest BCUT2D eigenvalue weighted by molar-refractivity contribution is -0.384. The van der Waals surface area contributed by atoms with E-state index in [4.69, 9.17) is 5.73 Å². The van der Waals surface area contributed by atoms with E-state index in [0.717, 1.165) is 6.07 Å². The predicted octanol–water partition coefficient (Wildman–Crippen LogP) is 1.89. The molecule has 0 atom stereocenters. The van der Waals surface area contributed by atoms with Crippen molar-refractivity contribution in [2.24, 2.45) is 10.8 Å². The van der Waals surface area contributed by atoms with Crippen LogP contribution in [0.2, 0.25) is 0 Å². The lowest BCUT2D eigenvalue weighted by Gasteiger charge is -2.09. The zero-order valence-electron chi connectivity index (χ0n) is 12.4. The second kappa shape index (κ2) is 4.41. The van der Waals surface area contributed by atoms with Crippen LogP contribution in [-0.2, 0) is 10.0 Å². The minimum atomic E-state index is -3.82. The molecule has 0 unspecified atom stereocenters. The summed E-state index contributed by atoms with van der Waals surface area (Å²) in [5.41, 5.74) is 4.67. The number of nitro groups is 1. The van der Waals surface area contributed by atoms with Gasteiger partial charge < -0.3 is 5.73 Å². The third-order valence-corrected chi connectivity index (χ3v) is 6.22. The standard InChI is InChI=1S/C13H19N3O4S/c1-12(2)11(13(12,3)4)15-21(19,20)8-5-6-9(14)10(7-8)16(17)18/h5-7,11,15H,14H2,1-4H3. The number of rotatable bonds is 4. The first-order valence-corrected chi connectivity index (χ1v) is 7.96. The number of nitro benzene ring substituents is 1. The molecule has 1 fully saturated rings. The average molecular weight is 313 g/mol. The van der Waals surface area contributed by atoms with E-state index in [-0.39, 0.29) is 27.5 Å².